The maximum Gasteiger partial charge on any atom is 0.315 e. The van der Waals surface area contributed by atoms with E-state index < -0.39 is 0 Å². The molecule has 0 spiro atoms. The second-order valence-electron chi connectivity index (χ2n) is 4.83. The molecule has 0 saturated heterocycles. The number of benzene rings is 2. The van der Waals surface area contributed by atoms with Crippen LogP contribution in [0.5, 0.6) is 0 Å². The predicted octanol–water partition coefficient (Wildman–Crippen LogP) is 3.88. The van der Waals surface area contributed by atoms with Crippen molar-refractivity contribution < 1.29 is 4.79 Å². The topological polar surface area (TPSA) is 41.1 Å². The molecule has 2 amide bonds. The molecule has 0 bridgehead atoms. The van der Waals surface area contributed by atoms with Crippen molar-refractivity contribution in [3.8, 4) is 0 Å². The van der Waals surface area contributed by atoms with Crippen LogP contribution in [0.3, 0.4) is 0 Å². The summed E-state index contributed by atoms with van der Waals surface area (Å²) in [7, 11) is 0. The van der Waals surface area contributed by atoms with E-state index >= 15 is 0 Å². The van der Waals surface area contributed by atoms with Crippen molar-refractivity contribution in [2.24, 2.45) is 0 Å². The molecule has 0 atom stereocenters. The molecule has 0 radical (unpaired) electrons. The summed E-state index contributed by atoms with van der Waals surface area (Å²) in [5.41, 5.74) is 2.37. The lowest BCUT2D eigenvalue weighted by atomic mass is 10.1. The maximum absolute atomic E-state index is 11.7. The number of hydrogen-bond donors (Lipinski definition) is 2. The first-order valence-electron chi connectivity index (χ1n) is 7.04. The van der Waals surface area contributed by atoms with Crippen molar-refractivity contribution in [2.75, 3.05) is 6.54 Å². The number of carbonyl (C=O) groups excluding carboxylic acids is 1. The summed E-state index contributed by atoms with van der Waals surface area (Å²) in [6.45, 7) is 1.21. The minimum absolute atomic E-state index is 0.122. The second kappa shape index (κ2) is 8.47. The van der Waals surface area contributed by atoms with Crippen molar-refractivity contribution in [3.05, 3.63) is 70.2 Å². The molecule has 21 heavy (non-hydrogen) atoms. The zero-order valence-electron chi connectivity index (χ0n) is 11.8. The highest BCUT2D eigenvalue weighted by Gasteiger charge is 2.00. The van der Waals surface area contributed by atoms with Gasteiger partial charge in [-0.25, -0.2) is 4.79 Å². The van der Waals surface area contributed by atoms with E-state index in [1.54, 1.807) is 0 Å². The van der Waals surface area contributed by atoms with Gasteiger partial charge in [-0.3, -0.25) is 0 Å². The van der Waals surface area contributed by atoms with E-state index in [9.17, 15) is 4.79 Å². The molecule has 0 saturated carbocycles. The Kier molecular flexibility index (Phi) is 6.28. The fourth-order valence-electron chi connectivity index (χ4n) is 2.03. The number of amides is 2. The molecule has 2 aromatic rings. The first kappa shape index (κ1) is 15.6. The number of hydrogen-bond acceptors (Lipinski definition) is 1. The molecular weight excluding hydrogens is 328 g/mol. The highest BCUT2D eigenvalue weighted by molar-refractivity contribution is 9.10. The maximum atomic E-state index is 11.7. The molecule has 0 aliphatic heterocycles. The van der Waals surface area contributed by atoms with E-state index in [4.69, 9.17) is 0 Å². The van der Waals surface area contributed by atoms with Gasteiger partial charge in [0.1, 0.15) is 0 Å². The van der Waals surface area contributed by atoms with Gasteiger partial charge in [-0.05, 0) is 36.1 Å². The lowest BCUT2D eigenvalue weighted by molar-refractivity contribution is 0.240. The summed E-state index contributed by atoms with van der Waals surface area (Å²) in [6, 6.07) is 18.1. The molecule has 2 rings (SSSR count). The molecule has 0 fully saturated rings. The van der Waals surface area contributed by atoms with Crippen LogP contribution in [-0.4, -0.2) is 12.6 Å². The Labute approximate surface area is 133 Å². The molecule has 110 valence electrons. The van der Waals surface area contributed by atoms with E-state index in [0.29, 0.717) is 13.1 Å². The molecule has 4 heteroatoms. The Balaban J connectivity index is 1.62. The van der Waals surface area contributed by atoms with Gasteiger partial charge in [0.25, 0.3) is 0 Å². The number of nitrogens with one attached hydrogen (secondary N) is 2. The molecule has 2 aromatic carbocycles. The minimum Gasteiger partial charge on any atom is -0.338 e. The van der Waals surface area contributed by atoms with Gasteiger partial charge >= 0.3 is 6.03 Å². The van der Waals surface area contributed by atoms with Gasteiger partial charge < -0.3 is 10.6 Å². The zero-order chi connectivity index (χ0) is 14.9. The van der Waals surface area contributed by atoms with Crippen molar-refractivity contribution in [1.29, 1.82) is 0 Å². The Morgan fingerprint density at radius 2 is 1.71 bits per heavy atom. The number of rotatable bonds is 6. The molecule has 0 aliphatic rings. The molecule has 0 heterocycles. The first-order valence-corrected chi connectivity index (χ1v) is 7.83. The molecule has 3 nitrogen and oxygen atoms in total. The zero-order valence-corrected chi connectivity index (χ0v) is 13.4. The highest BCUT2D eigenvalue weighted by atomic mass is 79.9. The normalized spacial score (nSPS) is 10.1. The van der Waals surface area contributed by atoms with Gasteiger partial charge in [-0.2, -0.15) is 0 Å². The standard InChI is InChI=1S/C17H19BrN2O/c18-16-10-4-8-15(12-16)13-20-17(21)19-11-5-9-14-6-2-1-3-7-14/h1-4,6-8,10,12H,5,9,11,13H2,(H2,19,20,21). The Morgan fingerprint density at radius 1 is 0.952 bits per heavy atom. The van der Waals surface area contributed by atoms with Gasteiger partial charge in [0.2, 0.25) is 0 Å². The lowest BCUT2D eigenvalue weighted by Gasteiger charge is -2.08. The van der Waals surface area contributed by atoms with E-state index in [1.165, 1.54) is 5.56 Å². The number of carbonyl (C=O) groups is 1. The van der Waals surface area contributed by atoms with Crippen molar-refractivity contribution in [2.45, 2.75) is 19.4 Å². The summed E-state index contributed by atoms with van der Waals surface area (Å²) in [4.78, 5) is 11.7. The molecule has 2 N–H and O–H groups in total. The van der Waals surface area contributed by atoms with Gasteiger partial charge in [0.15, 0.2) is 0 Å². The van der Waals surface area contributed by atoms with Gasteiger partial charge in [-0.15, -0.1) is 0 Å². The smallest absolute Gasteiger partial charge is 0.315 e. The van der Waals surface area contributed by atoms with Gasteiger partial charge in [0, 0.05) is 17.6 Å². The van der Waals surface area contributed by atoms with E-state index in [1.807, 2.05) is 42.5 Å². The Morgan fingerprint density at radius 3 is 2.48 bits per heavy atom. The monoisotopic (exact) mass is 346 g/mol. The Bertz CT molecular complexity index is 572. The van der Waals surface area contributed by atoms with Gasteiger partial charge in [0.05, 0.1) is 0 Å². The summed E-state index contributed by atoms with van der Waals surface area (Å²) in [5.74, 6) is 0. The minimum atomic E-state index is -0.122. The van der Waals surface area contributed by atoms with Crippen molar-refractivity contribution in [3.63, 3.8) is 0 Å². The van der Waals surface area contributed by atoms with E-state index in [-0.39, 0.29) is 6.03 Å². The van der Waals surface area contributed by atoms with Crippen LogP contribution in [0.1, 0.15) is 17.5 Å². The van der Waals surface area contributed by atoms with Gasteiger partial charge in [-0.1, -0.05) is 58.4 Å². The molecule has 0 aromatic heterocycles. The summed E-state index contributed by atoms with van der Waals surface area (Å²) < 4.78 is 1.02. The van der Waals surface area contributed by atoms with Crippen molar-refractivity contribution >= 4 is 22.0 Å². The quantitative estimate of drug-likeness (QED) is 0.765. The third kappa shape index (κ3) is 6.00. The van der Waals surface area contributed by atoms with E-state index in [2.05, 4.69) is 38.7 Å². The van der Waals surface area contributed by atoms with Crippen LogP contribution in [0.4, 0.5) is 4.79 Å². The lowest BCUT2D eigenvalue weighted by Crippen LogP contribution is -2.35. The van der Waals surface area contributed by atoms with Crippen LogP contribution in [0.25, 0.3) is 0 Å². The SMILES string of the molecule is O=C(NCCCc1ccccc1)NCc1cccc(Br)c1. The van der Waals surface area contributed by atoms with Crippen molar-refractivity contribution in [1.82, 2.24) is 10.6 Å². The average molecular weight is 347 g/mol. The fourth-order valence-corrected chi connectivity index (χ4v) is 2.48. The highest BCUT2D eigenvalue weighted by Crippen LogP contribution is 2.11. The average Bonchev–Trinajstić information content (AvgIpc) is 2.51. The largest absolute Gasteiger partial charge is 0.338 e. The summed E-state index contributed by atoms with van der Waals surface area (Å²) >= 11 is 3.41. The molecule has 0 aliphatic carbocycles. The fraction of sp³-hybridized carbons (Fsp3) is 0.235. The van der Waals surface area contributed by atoms with E-state index in [0.717, 1.165) is 22.9 Å². The number of urea groups is 1. The third-order valence-electron chi connectivity index (χ3n) is 3.11. The third-order valence-corrected chi connectivity index (χ3v) is 3.61. The second-order valence-corrected chi connectivity index (χ2v) is 5.74. The number of halogens is 1. The summed E-state index contributed by atoms with van der Waals surface area (Å²) in [5, 5.41) is 5.73. The Hall–Kier alpha value is -1.81. The van der Waals surface area contributed by atoms with Crippen LogP contribution in [0.2, 0.25) is 0 Å². The first-order chi connectivity index (χ1) is 10.2. The predicted molar refractivity (Wildman–Crippen MR) is 89.1 cm³/mol. The van der Waals surface area contributed by atoms with Crippen LogP contribution >= 0.6 is 15.9 Å². The number of aryl methyl sites for hydroxylation is 1. The summed E-state index contributed by atoms with van der Waals surface area (Å²) in [6.07, 6.45) is 1.92. The molecule has 0 unspecified atom stereocenters. The molecular formula is C17H19BrN2O. The van der Waals surface area contributed by atoms with Crippen LogP contribution < -0.4 is 10.6 Å². The van der Waals surface area contributed by atoms with Crippen LogP contribution in [-0.2, 0) is 13.0 Å². The van der Waals surface area contributed by atoms with Crippen LogP contribution in [0.15, 0.2) is 59.1 Å². The van der Waals surface area contributed by atoms with Crippen LogP contribution in [0, 0.1) is 0 Å².